The molecule has 0 aliphatic carbocycles. The van der Waals surface area contributed by atoms with E-state index in [1.165, 1.54) is 0 Å². The maximum Gasteiger partial charge on any atom is 0.227 e. The lowest BCUT2D eigenvalue weighted by molar-refractivity contribution is -0.119. The van der Waals surface area contributed by atoms with E-state index in [1.807, 2.05) is 31.2 Å². The number of nitrogens with two attached hydrogens (primary N) is 1. The van der Waals surface area contributed by atoms with Crippen LogP contribution < -0.4 is 15.8 Å². The number of ether oxygens (including phenoxy) is 1. The molecule has 1 unspecified atom stereocenters. The Hall–Kier alpha value is -1.55. The van der Waals surface area contributed by atoms with Gasteiger partial charge in [-0.1, -0.05) is 26.3 Å². The molecular weight excluding hydrogens is 228 g/mol. The monoisotopic (exact) mass is 250 g/mol. The number of carbonyl (C=O) groups is 1. The predicted octanol–water partition coefficient (Wildman–Crippen LogP) is 2.40. The molecule has 0 aliphatic heterocycles. The normalized spacial score (nSPS) is 11.9. The first kappa shape index (κ1) is 14.5. The molecule has 0 aromatic heterocycles. The Kier molecular flexibility index (Phi) is 6.22. The molecule has 0 saturated heterocycles. The van der Waals surface area contributed by atoms with Gasteiger partial charge in [-0.3, -0.25) is 4.79 Å². The predicted molar refractivity (Wildman–Crippen MR) is 73.7 cm³/mol. The van der Waals surface area contributed by atoms with Crippen molar-refractivity contribution in [3.05, 3.63) is 24.3 Å². The van der Waals surface area contributed by atoms with Gasteiger partial charge in [0, 0.05) is 24.2 Å². The fourth-order valence-electron chi connectivity index (χ4n) is 1.67. The lowest BCUT2D eigenvalue weighted by atomic mass is 10.1. The first-order valence-electron chi connectivity index (χ1n) is 6.41. The molecule has 1 aromatic carbocycles. The SMILES string of the molecule is CCCC(C)C(=O)Nc1cccc(OCCN)c1. The molecule has 4 heteroatoms. The first-order chi connectivity index (χ1) is 8.67. The zero-order chi connectivity index (χ0) is 13.4. The molecule has 0 spiro atoms. The molecule has 0 heterocycles. The van der Waals surface area contributed by atoms with Gasteiger partial charge in [0.15, 0.2) is 0 Å². The van der Waals surface area contributed by atoms with Crippen LogP contribution in [-0.2, 0) is 4.79 Å². The van der Waals surface area contributed by atoms with Gasteiger partial charge in [0.2, 0.25) is 5.91 Å². The minimum Gasteiger partial charge on any atom is -0.492 e. The van der Waals surface area contributed by atoms with Crippen molar-refractivity contribution in [3.8, 4) is 5.75 Å². The number of anilines is 1. The minimum absolute atomic E-state index is 0.0311. The number of amides is 1. The second kappa shape index (κ2) is 7.71. The molecule has 1 atom stereocenters. The van der Waals surface area contributed by atoms with Gasteiger partial charge in [0.25, 0.3) is 0 Å². The third-order valence-corrected chi connectivity index (χ3v) is 2.66. The van der Waals surface area contributed by atoms with Crippen molar-refractivity contribution in [2.24, 2.45) is 11.7 Å². The molecule has 1 aromatic rings. The number of hydrogen-bond acceptors (Lipinski definition) is 3. The molecule has 0 fully saturated rings. The summed E-state index contributed by atoms with van der Waals surface area (Å²) < 4.78 is 5.41. The fourth-order valence-corrected chi connectivity index (χ4v) is 1.67. The third kappa shape index (κ3) is 4.75. The number of carbonyl (C=O) groups excluding carboxylic acids is 1. The zero-order valence-corrected chi connectivity index (χ0v) is 11.1. The van der Waals surface area contributed by atoms with E-state index in [4.69, 9.17) is 10.5 Å². The van der Waals surface area contributed by atoms with Crippen molar-refractivity contribution in [1.29, 1.82) is 0 Å². The van der Waals surface area contributed by atoms with E-state index >= 15 is 0 Å². The highest BCUT2D eigenvalue weighted by atomic mass is 16.5. The highest BCUT2D eigenvalue weighted by Gasteiger charge is 2.11. The maximum absolute atomic E-state index is 11.9. The van der Waals surface area contributed by atoms with Gasteiger partial charge < -0.3 is 15.8 Å². The Balaban J connectivity index is 2.58. The molecule has 100 valence electrons. The lowest BCUT2D eigenvalue weighted by Gasteiger charge is -2.12. The Morgan fingerprint density at radius 2 is 2.28 bits per heavy atom. The Morgan fingerprint density at radius 3 is 2.94 bits per heavy atom. The van der Waals surface area contributed by atoms with Crippen molar-refractivity contribution in [3.63, 3.8) is 0 Å². The van der Waals surface area contributed by atoms with E-state index < -0.39 is 0 Å². The minimum atomic E-state index is 0.0311. The molecule has 18 heavy (non-hydrogen) atoms. The van der Waals surface area contributed by atoms with Crippen LogP contribution in [0.4, 0.5) is 5.69 Å². The standard InChI is InChI=1S/C14H22N2O2/c1-3-5-11(2)14(17)16-12-6-4-7-13(10-12)18-9-8-15/h4,6-7,10-11H,3,5,8-9,15H2,1-2H3,(H,16,17). The summed E-state index contributed by atoms with van der Waals surface area (Å²) in [5.41, 5.74) is 6.14. The van der Waals surface area contributed by atoms with Gasteiger partial charge in [-0.25, -0.2) is 0 Å². The largest absolute Gasteiger partial charge is 0.492 e. The molecule has 0 saturated carbocycles. The van der Waals surface area contributed by atoms with Crippen LogP contribution >= 0.6 is 0 Å². The van der Waals surface area contributed by atoms with Gasteiger partial charge in [0.1, 0.15) is 12.4 Å². The molecule has 0 radical (unpaired) electrons. The first-order valence-corrected chi connectivity index (χ1v) is 6.41. The summed E-state index contributed by atoms with van der Waals surface area (Å²) in [6, 6.07) is 7.37. The van der Waals surface area contributed by atoms with Crippen molar-refractivity contribution in [1.82, 2.24) is 0 Å². The quantitative estimate of drug-likeness (QED) is 0.781. The second-order valence-electron chi connectivity index (χ2n) is 4.34. The van der Waals surface area contributed by atoms with Crippen LogP contribution in [0, 0.1) is 5.92 Å². The summed E-state index contributed by atoms with van der Waals surface area (Å²) in [7, 11) is 0. The summed E-state index contributed by atoms with van der Waals surface area (Å²) in [6.45, 7) is 4.96. The highest BCUT2D eigenvalue weighted by molar-refractivity contribution is 5.92. The van der Waals surface area contributed by atoms with Crippen molar-refractivity contribution in [2.45, 2.75) is 26.7 Å². The average Bonchev–Trinajstić information content (AvgIpc) is 2.37. The van der Waals surface area contributed by atoms with Gasteiger partial charge in [-0.15, -0.1) is 0 Å². The number of benzene rings is 1. The summed E-state index contributed by atoms with van der Waals surface area (Å²) in [5.74, 6) is 0.804. The lowest BCUT2D eigenvalue weighted by Crippen LogP contribution is -2.20. The fraction of sp³-hybridized carbons (Fsp3) is 0.500. The molecule has 0 bridgehead atoms. The van der Waals surface area contributed by atoms with Crippen LogP contribution in [0.3, 0.4) is 0 Å². The average molecular weight is 250 g/mol. The molecule has 0 aliphatic rings. The van der Waals surface area contributed by atoms with Gasteiger partial charge in [-0.05, 0) is 18.6 Å². The van der Waals surface area contributed by atoms with E-state index in [9.17, 15) is 4.79 Å². The van der Waals surface area contributed by atoms with Gasteiger partial charge in [-0.2, -0.15) is 0 Å². The number of hydrogen-bond donors (Lipinski definition) is 2. The van der Waals surface area contributed by atoms with Crippen molar-refractivity contribution < 1.29 is 9.53 Å². The zero-order valence-electron chi connectivity index (χ0n) is 11.1. The summed E-state index contributed by atoms with van der Waals surface area (Å²) in [5, 5.41) is 2.89. The van der Waals surface area contributed by atoms with Crippen LogP contribution in [-0.4, -0.2) is 19.1 Å². The van der Waals surface area contributed by atoms with Gasteiger partial charge >= 0.3 is 0 Å². The van der Waals surface area contributed by atoms with Crippen LogP contribution in [0.1, 0.15) is 26.7 Å². The summed E-state index contributed by atoms with van der Waals surface area (Å²) in [4.78, 5) is 11.9. The summed E-state index contributed by atoms with van der Waals surface area (Å²) in [6.07, 6.45) is 1.91. The third-order valence-electron chi connectivity index (χ3n) is 2.66. The Morgan fingerprint density at radius 1 is 1.50 bits per heavy atom. The smallest absolute Gasteiger partial charge is 0.227 e. The van der Waals surface area contributed by atoms with E-state index in [1.54, 1.807) is 0 Å². The van der Waals surface area contributed by atoms with Crippen LogP contribution in [0.25, 0.3) is 0 Å². The van der Waals surface area contributed by atoms with E-state index in [0.29, 0.717) is 13.2 Å². The van der Waals surface area contributed by atoms with Crippen LogP contribution in [0.15, 0.2) is 24.3 Å². The molecular formula is C14H22N2O2. The molecule has 4 nitrogen and oxygen atoms in total. The molecule has 1 rings (SSSR count). The Labute approximate surface area is 109 Å². The van der Waals surface area contributed by atoms with Crippen LogP contribution in [0.5, 0.6) is 5.75 Å². The maximum atomic E-state index is 11.9. The highest BCUT2D eigenvalue weighted by Crippen LogP contribution is 2.18. The van der Waals surface area contributed by atoms with E-state index in [0.717, 1.165) is 24.3 Å². The number of rotatable bonds is 7. The molecule has 1 amide bonds. The van der Waals surface area contributed by atoms with Gasteiger partial charge in [0.05, 0.1) is 0 Å². The topological polar surface area (TPSA) is 64.3 Å². The summed E-state index contributed by atoms with van der Waals surface area (Å²) >= 11 is 0. The van der Waals surface area contributed by atoms with Crippen LogP contribution in [0.2, 0.25) is 0 Å². The molecule has 3 N–H and O–H groups in total. The van der Waals surface area contributed by atoms with E-state index in [-0.39, 0.29) is 11.8 Å². The Bertz CT molecular complexity index is 380. The number of nitrogens with one attached hydrogen (secondary N) is 1. The van der Waals surface area contributed by atoms with Crippen molar-refractivity contribution in [2.75, 3.05) is 18.5 Å². The van der Waals surface area contributed by atoms with Crippen molar-refractivity contribution >= 4 is 11.6 Å². The van der Waals surface area contributed by atoms with E-state index in [2.05, 4.69) is 12.2 Å². The second-order valence-corrected chi connectivity index (χ2v) is 4.34.